The molecule has 0 spiro atoms. The molecule has 0 aromatic heterocycles. The third kappa shape index (κ3) is 3.35. The number of methoxy groups -OCH3 is 3. The van der Waals surface area contributed by atoms with Gasteiger partial charge in [0.25, 0.3) is 6.04 Å². The van der Waals surface area contributed by atoms with E-state index in [2.05, 4.69) is 4.99 Å². The van der Waals surface area contributed by atoms with Crippen LogP contribution in [0.5, 0.6) is 17.2 Å². The maximum Gasteiger partial charge on any atom is 0.303 e. The van der Waals surface area contributed by atoms with E-state index < -0.39 is 27.5 Å². The summed E-state index contributed by atoms with van der Waals surface area (Å²) in [5.41, 5.74) is 5.54. The predicted octanol–water partition coefficient (Wildman–Crippen LogP) is 0.820. The van der Waals surface area contributed by atoms with Gasteiger partial charge in [-0.2, -0.15) is 0 Å². The molecule has 0 saturated carbocycles. The highest BCUT2D eigenvalue weighted by atomic mass is 16.6. The number of hydrogen-bond acceptors (Lipinski definition) is 10. The molecule has 0 bridgehead atoms. The first kappa shape index (κ1) is 20.7. The number of nitro groups is 2. The van der Waals surface area contributed by atoms with Crippen LogP contribution in [0.4, 0.5) is 0 Å². The van der Waals surface area contributed by atoms with Crippen LogP contribution in [-0.2, 0) is 0 Å². The van der Waals surface area contributed by atoms with E-state index in [9.17, 15) is 20.2 Å². The molecule has 0 saturated heterocycles. The van der Waals surface area contributed by atoms with Crippen LogP contribution in [0.25, 0.3) is 0 Å². The zero-order valence-electron chi connectivity index (χ0n) is 16.0. The molecule has 2 atom stereocenters. The lowest BCUT2D eigenvalue weighted by atomic mass is 9.85. The van der Waals surface area contributed by atoms with E-state index in [1.807, 2.05) is 0 Å². The van der Waals surface area contributed by atoms with Crippen molar-refractivity contribution < 1.29 is 24.1 Å². The molecule has 12 nitrogen and oxygen atoms in total. The maximum absolute atomic E-state index is 11.9. The van der Waals surface area contributed by atoms with Gasteiger partial charge in [-0.15, -0.1) is 0 Å². The molecule has 1 aliphatic heterocycles. The summed E-state index contributed by atoms with van der Waals surface area (Å²) >= 11 is 0. The summed E-state index contributed by atoms with van der Waals surface area (Å²) in [6, 6.07) is 1.29. The molecule has 1 heterocycles. The van der Waals surface area contributed by atoms with Crippen LogP contribution in [0.1, 0.15) is 11.5 Å². The van der Waals surface area contributed by atoms with Gasteiger partial charge >= 0.3 is 5.70 Å². The number of hydrogen-bond donors (Lipinski definition) is 1. The Kier molecular flexibility index (Phi) is 5.91. The molecule has 12 heteroatoms. The SMILES string of the molecule is COc1ccc([C@H]2C([N+](=O)[O-])=C(N(C)C)N=C(N)[C@@H]2[N+](=O)[O-])c(OC)c1OC. The second-order valence-corrected chi connectivity index (χ2v) is 6.03. The highest BCUT2D eigenvalue weighted by Gasteiger charge is 2.51. The minimum absolute atomic E-state index is 0.0749. The summed E-state index contributed by atoms with van der Waals surface area (Å²) in [4.78, 5) is 27.6. The van der Waals surface area contributed by atoms with E-state index in [0.717, 1.165) is 0 Å². The second-order valence-electron chi connectivity index (χ2n) is 6.03. The fourth-order valence-corrected chi connectivity index (χ4v) is 3.15. The molecule has 2 rings (SSSR count). The Morgan fingerprint density at radius 1 is 1.07 bits per heavy atom. The highest BCUT2D eigenvalue weighted by molar-refractivity contribution is 5.88. The van der Waals surface area contributed by atoms with Crippen molar-refractivity contribution in [3.8, 4) is 17.2 Å². The molecular weight excluding hydrogens is 374 g/mol. The van der Waals surface area contributed by atoms with Crippen LogP contribution in [0.2, 0.25) is 0 Å². The van der Waals surface area contributed by atoms with Crippen molar-refractivity contribution in [2.45, 2.75) is 12.0 Å². The van der Waals surface area contributed by atoms with E-state index in [1.165, 1.54) is 52.5 Å². The Bertz CT molecular complexity index is 865. The van der Waals surface area contributed by atoms with Crippen LogP contribution < -0.4 is 19.9 Å². The van der Waals surface area contributed by atoms with E-state index in [4.69, 9.17) is 19.9 Å². The fourth-order valence-electron chi connectivity index (χ4n) is 3.15. The van der Waals surface area contributed by atoms with E-state index in [-0.39, 0.29) is 28.7 Å². The van der Waals surface area contributed by atoms with Crippen molar-refractivity contribution in [2.24, 2.45) is 10.7 Å². The standard InChI is InChI=1S/C16H21N5O7/c1-19(2)16-12(21(24)25)10(11(20(22)23)15(17)18-16)8-6-7-9(26-3)14(28-5)13(8)27-4/h6-7,10-11H,1-5H3,(H2,17,18)/t10-,11-/m1/s1. The van der Waals surface area contributed by atoms with Gasteiger partial charge in [-0.25, -0.2) is 4.99 Å². The molecule has 0 aliphatic carbocycles. The summed E-state index contributed by atoms with van der Waals surface area (Å²) in [6.07, 6.45) is 0. The predicted molar refractivity (Wildman–Crippen MR) is 99.0 cm³/mol. The summed E-state index contributed by atoms with van der Waals surface area (Å²) < 4.78 is 15.9. The average Bonchev–Trinajstić information content (AvgIpc) is 2.64. The number of ether oxygens (including phenoxy) is 3. The number of amidine groups is 1. The zero-order valence-corrected chi connectivity index (χ0v) is 16.0. The molecule has 0 amide bonds. The highest BCUT2D eigenvalue weighted by Crippen LogP contribution is 2.47. The molecule has 152 valence electrons. The first-order valence-corrected chi connectivity index (χ1v) is 8.01. The van der Waals surface area contributed by atoms with Gasteiger partial charge in [0.15, 0.2) is 23.3 Å². The minimum Gasteiger partial charge on any atom is -0.493 e. The van der Waals surface area contributed by atoms with Gasteiger partial charge in [-0.1, -0.05) is 6.07 Å². The Labute approximate surface area is 160 Å². The van der Waals surface area contributed by atoms with Gasteiger partial charge in [-0.05, 0) is 6.07 Å². The van der Waals surface area contributed by atoms with Gasteiger partial charge in [0, 0.05) is 24.6 Å². The zero-order chi connectivity index (χ0) is 21.2. The Morgan fingerprint density at radius 2 is 1.68 bits per heavy atom. The van der Waals surface area contributed by atoms with Crippen LogP contribution in [0.3, 0.4) is 0 Å². The Morgan fingerprint density at radius 3 is 2.11 bits per heavy atom. The number of nitrogens with zero attached hydrogens (tertiary/aromatic N) is 4. The fraction of sp³-hybridized carbons (Fsp3) is 0.438. The van der Waals surface area contributed by atoms with Crippen molar-refractivity contribution in [1.82, 2.24) is 4.90 Å². The van der Waals surface area contributed by atoms with E-state index in [1.54, 1.807) is 0 Å². The Balaban J connectivity index is 2.90. The summed E-state index contributed by atoms with van der Waals surface area (Å²) in [5.74, 6) is -1.26. The molecule has 0 fully saturated rings. The van der Waals surface area contributed by atoms with E-state index in [0.29, 0.717) is 5.75 Å². The van der Waals surface area contributed by atoms with Crippen molar-refractivity contribution in [1.29, 1.82) is 0 Å². The minimum atomic E-state index is -1.66. The van der Waals surface area contributed by atoms with Crippen molar-refractivity contribution in [3.63, 3.8) is 0 Å². The van der Waals surface area contributed by atoms with Crippen molar-refractivity contribution in [3.05, 3.63) is 49.4 Å². The average molecular weight is 395 g/mol. The number of aliphatic imine (C=N–C) groups is 1. The van der Waals surface area contributed by atoms with Gasteiger partial charge in [0.2, 0.25) is 11.6 Å². The van der Waals surface area contributed by atoms with Gasteiger partial charge < -0.3 is 24.8 Å². The van der Waals surface area contributed by atoms with Gasteiger partial charge in [0.1, 0.15) is 0 Å². The molecule has 0 unspecified atom stereocenters. The largest absolute Gasteiger partial charge is 0.493 e. The van der Waals surface area contributed by atoms with Crippen LogP contribution in [-0.4, -0.2) is 62.0 Å². The van der Waals surface area contributed by atoms with Crippen molar-refractivity contribution >= 4 is 5.84 Å². The second kappa shape index (κ2) is 7.98. The normalized spacial score (nSPS) is 19.0. The quantitative estimate of drug-likeness (QED) is 0.521. The third-order valence-electron chi connectivity index (χ3n) is 4.29. The molecule has 28 heavy (non-hydrogen) atoms. The lowest BCUT2D eigenvalue weighted by Crippen LogP contribution is -2.46. The first-order chi connectivity index (χ1) is 13.2. The molecule has 0 radical (unpaired) electrons. The third-order valence-corrected chi connectivity index (χ3v) is 4.29. The smallest absolute Gasteiger partial charge is 0.303 e. The van der Waals surface area contributed by atoms with Crippen molar-refractivity contribution in [2.75, 3.05) is 35.4 Å². The molecular formula is C16H21N5O7. The lowest BCUT2D eigenvalue weighted by Gasteiger charge is -2.27. The number of rotatable bonds is 7. The van der Waals surface area contributed by atoms with Crippen LogP contribution >= 0.6 is 0 Å². The van der Waals surface area contributed by atoms with Gasteiger partial charge in [-0.3, -0.25) is 20.2 Å². The molecule has 2 N–H and O–H groups in total. The summed E-state index contributed by atoms with van der Waals surface area (Å²) in [7, 11) is 7.16. The monoisotopic (exact) mass is 395 g/mol. The lowest BCUT2D eigenvalue weighted by molar-refractivity contribution is -0.517. The first-order valence-electron chi connectivity index (χ1n) is 8.01. The summed E-state index contributed by atoms with van der Waals surface area (Å²) in [5, 5.41) is 23.7. The number of nitrogens with two attached hydrogens (primary N) is 1. The molecule has 1 aliphatic rings. The summed E-state index contributed by atoms with van der Waals surface area (Å²) in [6.45, 7) is 0. The van der Waals surface area contributed by atoms with Crippen LogP contribution in [0.15, 0.2) is 28.6 Å². The number of benzene rings is 1. The van der Waals surface area contributed by atoms with Crippen LogP contribution in [0, 0.1) is 20.2 Å². The molecule has 1 aromatic rings. The maximum atomic E-state index is 11.9. The Hall–Kier alpha value is -3.57. The topological polar surface area (TPSA) is 156 Å². The van der Waals surface area contributed by atoms with Gasteiger partial charge in [0.05, 0.1) is 26.3 Å². The molecule has 1 aromatic carbocycles. The van der Waals surface area contributed by atoms with E-state index >= 15 is 0 Å².